The average molecular weight is 239 g/mol. The van der Waals surface area contributed by atoms with E-state index in [4.69, 9.17) is 4.74 Å². The topological polar surface area (TPSA) is 66.8 Å². The molecule has 0 spiro atoms. The molecule has 1 saturated carbocycles. The molecule has 3 fully saturated rings. The van der Waals surface area contributed by atoms with Gasteiger partial charge in [0, 0.05) is 6.04 Å². The molecule has 2 heterocycles. The summed E-state index contributed by atoms with van der Waals surface area (Å²) >= 11 is 0. The Bertz CT molecular complexity index is 350. The Morgan fingerprint density at radius 1 is 1.18 bits per heavy atom. The Morgan fingerprint density at radius 2 is 1.88 bits per heavy atom. The molecule has 3 rings (SSSR count). The van der Waals surface area contributed by atoms with Crippen LogP contribution in [0.4, 0.5) is 0 Å². The highest BCUT2D eigenvalue weighted by Crippen LogP contribution is 2.37. The van der Waals surface area contributed by atoms with Crippen LogP contribution in [-0.4, -0.2) is 46.7 Å². The quantitative estimate of drug-likeness (QED) is 0.657. The van der Waals surface area contributed by atoms with Crippen LogP contribution in [0.15, 0.2) is 0 Å². The van der Waals surface area contributed by atoms with Crippen molar-refractivity contribution in [2.45, 2.75) is 50.3 Å². The lowest BCUT2D eigenvalue weighted by Gasteiger charge is -2.33. The van der Waals surface area contributed by atoms with Gasteiger partial charge in [0.05, 0.1) is 12.5 Å². The van der Waals surface area contributed by atoms with Gasteiger partial charge in [0.15, 0.2) is 0 Å². The molecule has 3 atom stereocenters. The second-order valence-electron chi connectivity index (χ2n) is 5.22. The van der Waals surface area contributed by atoms with Gasteiger partial charge in [-0.1, -0.05) is 19.3 Å². The van der Waals surface area contributed by atoms with Gasteiger partial charge in [-0.05, 0) is 12.8 Å². The SMILES string of the molecule is O=C1OC[C@H]2[C@@H]1N(C1CCCCC1)C(=O)[C@@H]2O. The monoisotopic (exact) mass is 239 g/mol. The van der Waals surface area contributed by atoms with Crippen molar-refractivity contribution < 1.29 is 19.4 Å². The van der Waals surface area contributed by atoms with Crippen molar-refractivity contribution in [3.8, 4) is 0 Å². The summed E-state index contributed by atoms with van der Waals surface area (Å²) in [7, 11) is 0. The molecule has 0 unspecified atom stereocenters. The average Bonchev–Trinajstić information content (AvgIpc) is 2.83. The number of cyclic esters (lactones) is 1. The first kappa shape index (κ1) is 11.0. The van der Waals surface area contributed by atoms with Gasteiger partial charge in [0.25, 0.3) is 5.91 Å². The minimum Gasteiger partial charge on any atom is -0.464 e. The van der Waals surface area contributed by atoms with Crippen LogP contribution in [0, 0.1) is 5.92 Å². The lowest BCUT2D eigenvalue weighted by molar-refractivity contribution is -0.150. The van der Waals surface area contributed by atoms with E-state index in [0.29, 0.717) is 0 Å². The van der Waals surface area contributed by atoms with Crippen LogP contribution in [0.1, 0.15) is 32.1 Å². The molecule has 0 radical (unpaired) electrons. The van der Waals surface area contributed by atoms with Gasteiger partial charge < -0.3 is 14.7 Å². The molecule has 0 aromatic heterocycles. The van der Waals surface area contributed by atoms with Crippen LogP contribution in [-0.2, 0) is 14.3 Å². The van der Waals surface area contributed by atoms with E-state index in [-0.39, 0.29) is 30.4 Å². The maximum Gasteiger partial charge on any atom is 0.329 e. The van der Waals surface area contributed by atoms with Gasteiger partial charge in [0.1, 0.15) is 12.1 Å². The van der Waals surface area contributed by atoms with E-state index in [1.54, 1.807) is 4.90 Å². The van der Waals surface area contributed by atoms with E-state index in [1.807, 2.05) is 0 Å². The summed E-state index contributed by atoms with van der Waals surface area (Å²) in [6.45, 7) is 0.180. The largest absolute Gasteiger partial charge is 0.464 e. The standard InChI is InChI=1S/C12H17NO4/c14-10-8-6-17-12(16)9(8)13(11(10)15)7-4-2-1-3-5-7/h7-10,14H,1-6H2/t8-,9-,10+/m0/s1. The number of nitrogens with zero attached hydrogens (tertiary/aromatic N) is 1. The van der Waals surface area contributed by atoms with Crippen LogP contribution in [0.2, 0.25) is 0 Å². The molecule has 94 valence electrons. The van der Waals surface area contributed by atoms with E-state index < -0.39 is 12.1 Å². The van der Waals surface area contributed by atoms with Crippen molar-refractivity contribution in [1.29, 1.82) is 0 Å². The molecule has 1 N–H and O–H groups in total. The number of esters is 1. The van der Waals surface area contributed by atoms with Crippen LogP contribution in [0.5, 0.6) is 0 Å². The predicted octanol–water partition coefficient (Wildman–Crippen LogP) is 0.0638. The van der Waals surface area contributed by atoms with Crippen molar-refractivity contribution >= 4 is 11.9 Å². The maximum absolute atomic E-state index is 12.0. The smallest absolute Gasteiger partial charge is 0.329 e. The van der Waals surface area contributed by atoms with E-state index >= 15 is 0 Å². The summed E-state index contributed by atoms with van der Waals surface area (Å²) < 4.78 is 4.97. The molecule has 3 aliphatic rings. The molecule has 2 saturated heterocycles. The lowest BCUT2D eigenvalue weighted by Crippen LogP contribution is -2.46. The Kier molecular flexibility index (Phi) is 2.58. The number of aliphatic hydroxyl groups excluding tert-OH is 1. The summed E-state index contributed by atoms with van der Waals surface area (Å²) in [4.78, 5) is 25.3. The molecule has 0 aromatic rings. The van der Waals surface area contributed by atoms with Gasteiger partial charge in [0.2, 0.25) is 0 Å². The third kappa shape index (κ3) is 1.56. The second-order valence-corrected chi connectivity index (χ2v) is 5.22. The first-order chi connectivity index (χ1) is 8.20. The minimum absolute atomic E-state index is 0.117. The minimum atomic E-state index is -1.05. The normalized spacial score (nSPS) is 38.4. The van der Waals surface area contributed by atoms with Crippen LogP contribution in [0.25, 0.3) is 0 Å². The van der Waals surface area contributed by atoms with Crippen molar-refractivity contribution in [3.63, 3.8) is 0 Å². The molecular formula is C12H17NO4. The second kappa shape index (κ2) is 3.98. The fraction of sp³-hybridized carbons (Fsp3) is 0.833. The number of carbonyl (C=O) groups is 2. The highest BCUT2D eigenvalue weighted by atomic mass is 16.5. The van der Waals surface area contributed by atoms with E-state index in [9.17, 15) is 14.7 Å². The van der Waals surface area contributed by atoms with Gasteiger partial charge in [-0.25, -0.2) is 4.79 Å². The van der Waals surface area contributed by atoms with E-state index in [1.165, 1.54) is 6.42 Å². The first-order valence-electron chi connectivity index (χ1n) is 6.37. The molecule has 1 aliphatic carbocycles. The summed E-state index contributed by atoms with van der Waals surface area (Å²) in [5.41, 5.74) is 0. The third-order valence-corrected chi connectivity index (χ3v) is 4.25. The number of hydrogen-bond donors (Lipinski definition) is 1. The van der Waals surface area contributed by atoms with Crippen LogP contribution in [0.3, 0.4) is 0 Å². The summed E-state index contributed by atoms with van der Waals surface area (Å²) in [6.07, 6.45) is 4.21. The van der Waals surface area contributed by atoms with E-state index in [0.717, 1.165) is 25.7 Å². The highest BCUT2D eigenvalue weighted by Gasteiger charge is 2.57. The number of carbonyl (C=O) groups excluding carboxylic acids is 2. The van der Waals surface area contributed by atoms with Gasteiger partial charge in [-0.15, -0.1) is 0 Å². The number of hydrogen-bond acceptors (Lipinski definition) is 4. The zero-order valence-corrected chi connectivity index (χ0v) is 9.67. The Hall–Kier alpha value is -1.10. The number of ether oxygens (including phenoxy) is 1. The van der Waals surface area contributed by atoms with Gasteiger partial charge >= 0.3 is 5.97 Å². The fourth-order valence-corrected chi connectivity index (χ4v) is 3.35. The molecule has 5 nitrogen and oxygen atoms in total. The summed E-state index contributed by atoms with van der Waals surface area (Å²) in [5.74, 6) is -0.967. The summed E-state index contributed by atoms with van der Waals surface area (Å²) in [6, 6.07) is -0.410. The maximum atomic E-state index is 12.0. The van der Waals surface area contributed by atoms with Crippen LogP contribution < -0.4 is 0 Å². The molecule has 5 heteroatoms. The predicted molar refractivity (Wildman–Crippen MR) is 58.0 cm³/mol. The molecular weight excluding hydrogens is 222 g/mol. The highest BCUT2D eigenvalue weighted by molar-refractivity contribution is 5.93. The number of rotatable bonds is 1. The van der Waals surface area contributed by atoms with Crippen LogP contribution >= 0.6 is 0 Å². The number of fused-ring (bicyclic) bond motifs is 1. The molecule has 0 aromatic carbocycles. The van der Waals surface area contributed by atoms with Crippen molar-refractivity contribution in [3.05, 3.63) is 0 Å². The van der Waals surface area contributed by atoms with Gasteiger partial charge in [-0.2, -0.15) is 0 Å². The fourth-order valence-electron chi connectivity index (χ4n) is 3.35. The molecule has 1 amide bonds. The Labute approximate surface area is 99.7 Å². The zero-order chi connectivity index (χ0) is 12.0. The van der Waals surface area contributed by atoms with E-state index in [2.05, 4.69) is 0 Å². The summed E-state index contributed by atoms with van der Waals surface area (Å²) in [5, 5.41) is 9.86. The van der Waals surface area contributed by atoms with Crippen molar-refractivity contribution in [2.24, 2.45) is 5.92 Å². The zero-order valence-electron chi connectivity index (χ0n) is 9.67. The number of amides is 1. The third-order valence-electron chi connectivity index (χ3n) is 4.25. The number of aliphatic hydroxyl groups is 1. The molecule has 0 bridgehead atoms. The Balaban J connectivity index is 1.86. The van der Waals surface area contributed by atoms with Gasteiger partial charge in [-0.3, -0.25) is 4.79 Å². The molecule has 2 aliphatic heterocycles. The van der Waals surface area contributed by atoms with Crippen molar-refractivity contribution in [1.82, 2.24) is 4.90 Å². The van der Waals surface area contributed by atoms with Crippen molar-refractivity contribution in [2.75, 3.05) is 6.61 Å². The molecule has 17 heavy (non-hydrogen) atoms. The number of likely N-dealkylation sites (tertiary alicyclic amines) is 1. The Morgan fingerprint density at radius 3 is 2.59 bits per heavy atom. The first-order valence-corrected chi connectivity index (χ1v) is 6.37. The lowest BCUT2D eigenvalue weighted by atomic mass is 9.93.